The number of carbonyl (C=O) groups is 3. The van der Waals surface area contributed by atoms with Gasteiger partial charge in [0.05, 0.1) is 18.1 Å². The second-order valence-electron chi connectivity index (χ2n) is 8.35. The Morgan fingerprint density at radius 1 is 1.21 bits per heavy atom. The largest absolute Gasteiger partial charge is 0.467 e. The molecule has 184 valence electrons. The molecule has 0 radical (unpaired) electrons. The molecule has 2 N–H and O–H groups in total. The van der Waals surface area contributed by atoms with Crippen molar-refractivity contribution in [2.45, 2.75) is 44.2 Å². The highest BCUT2D eigenvalue weighted by Gasteiger charge is 2.37. The molecule has 2 amide bonds. The van der Waals surface area contributed by atoms with Crippen LogP contribution in [-0.2, 0) is 35.5 Å². The van der Waals surface area contributed by atoms with Gasteiger partial charge in [0.15, 0.2) is 9.84 Å². The lowest BCUT2D eigenvalue weighted by Crippen LogP contribution is -2.56. The molecule has 1 aromatic carbocycles. The first kappa shape index (κ1) is 26.6. The van der Waals surface area contributed by atoms with Crippen LogP contribution in [0, 0.1) is 5.92 Å². The molecule has 0 aromatic heterocycles. The fourth-order valence-electron chi connectivity index (χ4n) is 3.74. The summed E-state index contributed by atoms with van der Waals surface area (Å²) in [4.78, 5) is 39.2. The third-order valence-corrected chi connectivity index (χ3v) is 7.70. The van der Waals surface area contributed by atoms with Crippen LogP contribution in [-0.4, -0.2) is 81.6 Å². The Hall–Kier alpha value is -2.66. The molecular weight excluding hydrogens is 450 g/mol. The Kier molecular flexibility index (Phi) is 9.66. The molecule has 3 unspecified atom stereocenters. The van der Waals surface area contributed by atoms with Crippen LogP contribution in [0.5, 0.6) is 0 Å². The second kappa shape index (κ2) is 12.0. The van der Waals surface area contributed by atoms with Gasteiger partial charge in [-0.3, -0.25) is 9.69 Å². The second-order valence-corrected chi connectivity index (χ2v) is 10.8. The van der Waals surface area contributed by atoms with Crippen molar-refractivity contribution in [1.29, 1.82) is 0 Å². The number of benzene rings is 1. The summed E-state index contributed by atoms with van der Waals surface area (Å²) < 4.78 is 34.8. The van der Waals surface area contributed by atoms with Crippen LogP contribution >= 0.6 is 0 Å². The number of hydrogen-bond donors (Lipinski definition) is 2. The summed E-state index contributed by atoms with van der Waals surface area (Å²) in [7, 11) is -0.789. The molecule has 33 heavy (non-hydrogen) atoms. The van der Waals surface area contributed by atoms with Crippen molar-refractivity contribution < 1.29 is 32.3 Å². The number of hydrogen-bond acceptors (Lipinski definition) is 8. The number of esters is 1. The van der Waals surface area contributed by atoms with E-state index in [0.29, 0.717) is 6.54 Å². The molecule has 10 nitrogen and oxygen atoms in total. The fraction of sp³-hybridized carbons (Fsp3) is 0.591. The van der Waals surface area contributed by atoms with E-state index in [1.165, 1.54) is 19.1 Å². The highest BCUT2D eigenvalue weighted by molar-refractivity contribution is 7.92. The maximum atomic E-state index is 13.1. The van der Waals surface area contributed by atoms with Crippen molar-refractivity contribution in [3.8, 4) is 0 Å². The number of rotatable bonds is 9. The van der Waals surface area contributed by atoms with Gasteiger partial charge in [-0.25, -0.2) is 18.0 Å². The minimum Gasteiger partial charge on any atom is -0.467 e. The zero-order valence-electron chi connectivity index (χ0n) is 19.4. The smallest absolute Gasteiger partial charge is 0.410 e. The molecule has 0 spiro atoms. The third kappa shape index (κ3) is 7.43. The van der Waals surface area contributed by atoms with E-state index >= 15 is 0 Å². The van der Waals surface area contributed by atoms with Crippen LogP contribution in [0.4, 0.5) is 4.79 Å². The Balaban J connectivity index is 2.09. The monoisotopic (exact) mass is 483 g/mol. The average Bonchev–Trinajstić information content (AvgIpc) is 2.78. The zero-order chi connectivity index (χ0) is 24.6. The van der Waals surface area contributed by atoms with Crippen molar-refractivity contribution >= 4 is 27.8 Å². The first-order valence-electron chi connectivity index (χ1n) is 10.8. The summed E-state index contributed by atoms with van der Waals surface area (Å²) in [5.74, 6) is -1.69. The fourth-order valence-corrected chi connectivity index (χ4v) is 5.36. The number of amides is 2. The van der Waals surface area contributed by atoms with Crippen molar-refractivity contribution in [3.05, 3.63) is 35.9 Å². The predicted octanol–water partition coefficient (Wildman–Crippen LogP) is 0.714. The molecule has 1 aliphatic heterocycles. The molecule has 11 heteroatoms. The Bertz CT molecular complexity index is 921. The molecule has 1 fully saturated rings. The predicted molar refractivity (Wildman–Crippen MR) is 122 cm³/mol. The Morgan fingerprint density at radius 3 is 2.45 bits per heavy atom. The number of sulfone groups is 1. The summed E-state index contributed by atoms with van der Waals surface area (Å²) in [6, 6.07) is 7.02. The van der Waals surface area contributed by atoms with Crippen LogP contribution in [0.1, 0.15) is 25.8 Å². The van der Waals surface area contributed by atoms with Gasteiger partial charge in [0, 0.05) is 20.1 Å². The van der Waals surface area contributed by atoms with Crippen LogP contribution in [0.2, 0.25) is 0 Å². The van der Waals surface area contributed by atoms with Gasteiger partial charge >= 0.3 is 12.1 Å². The summed E-state index contributed by atoms with van der Waals surface area (Å²) in [6.07, 6.45) is -0.817. The average molecular weight is 484 g/mol. The summed E-state index contributed by atoms with van der Waals surface area (Å²) in [5, 5.41) is 4.75. The van der Waals surface area contributed by atoms with Gasteiger partial charge in [-0.2, -0.15) is 0 Å². The lowest BCUT2D eigenvalue weighted by Gasteiger charge is -2.32. The molecule has 1 aromatic rings. The Morgan fingerprint density at radius 2 is 1.88 bits per heavy atom. The minimum absolute atomic E-state index is 0.0376. The highest BCUT2D eigenvalue weighted by Crippen LogP contribution is 2.16. The lowest BCUT2D eigenvalue weighted by atomic mass is 10.0. The van der Waals surface area contributed by atoms with E-state index in [4.69, 9.17) is 9.47 Å². The van der Waals surface area contributed by atoms with Gasteiger partial charge in [-0.1, -0.05) is 44.2 Å². The van der Waals surface area contributed by atoms with Crippen LogP contribution in [0.15, 0.2) is 30.3 Å². The van der Waals surface area contributed by atoms with Gasteiger partial charge in [0.1, 0.15) is 18.7 Å². The normalized spacial score (nSPS) is 19.2. The van der Waals surface area contributed by atoms with E-state index in [9.17, 15) is 22.8 Å². The van der Waals surface area contributed by atoms with E-state index in [2.05, 4.69) is 10.6 Å². The van der Waals surface area contributed by atoms with Crippen molar-refractivity contribution in [2.75, 3.05) is 33.0 Å². The third-order valence-electron chi connectivity index (χ3n) is 5.55. The number of nitrogens with one attached hydrogen (secondary N) is 2. The molecule has 2 rings (SSSR count). The topological polar surface area (TPSA) is 131 Å². The molecule has 3 atom stereocenters. The van der Waals surface area contributed by atoms with Gasteiger partial charge in [0.2, 0.25) is 5.91 Å². The van der Waals surface area contributed by atoms with E-state index < -0.39 is 45.1 Å². The zero-order valence-corrected chi connectivity index (χ0v) is 20.3. The molecule has 0 saturated carbocycles. The van der Waals surface area contributed by atoms with Crippen molar-refractivity contribution in [1.82, 2.24) is 15.5 Å². The highest BCUT2D eigenvalue weighted by atomic mass is 32.2. The Labute approximate surface area is 194 Å². The van der Waals surface area contributed by atoms with Crippen molar-refractivity contribution in [3.63, 3.8) is 0 Å². The molecule has 1 saturated heterocycles. The summed E-state index contributed by atoms with van der Waals surface area (Å²) in [5.41, 5.74) is 0.804. The van der Waals surface area contributed by atoms with Gasteiger partial charge in [-0.15, -0.1) is 0 Å². The first-order chi connectivity index (χ1) is 15.6. The molecule has 0 bridgehead atoms. The van der Waals surface area contributed by atoms with Crippen molar-refractivity contribution in [2.24, 2.45) is 5.92 Å². The SMILES string of the molecule is COC(=O)C(CC1CNCCS1(=O)=O)NC(=O)C(C(C)C)N(C)C(=O)OCc1ccccc1. The molecular formula is C22H33N3O7S. The molecule has 1 heterocycles. The summed E-state index contributed by atoms with van der Waals surface area (Å²) in [6.45, 7) is 4.10. The number of likely N-dealkylation sites (N-methyl/N-ethyl adjacent to an activating group) is 1. The molecule has 0 aliphatic carbocycles. The summed E-state index contributed by atoms with van der Waals surface area (Å²) >= 11 is 0. The van der Waals surface area contributed by atoms with Gasteiger partial charge in [-0.05, 0) is 17.9 Å². The maximum Gasteiger partial charge on any atom is 0.410 e. The van der Waals surface area contributed by atoms with Gasteiger partial charge < -0.3 is 20.1 Å². The van der Waals surface area contributed by atoms with Crippen LogP contribution in [0.25, 0.3) is 0 Å². The van der Waals surface area contributed by atoms with Crippen LogP contribution in [0.3, 0.4) is 0 Å². The maximum absolute atomic E-state index is 13.1. The van der Waals surface area contributed by atoms with Gasteiger partial charge in [0.25, 0.3) is 0 Å². The van der Waals surface area contributed by atoms with E-state index in [1.807, 2.05) is 30.3 Å². The molecule has 1 aliphatic rings. The number of carbonyl (C=O) groups excluding carboxylic acids is 3. The standard InChI is InChI=1S/C22H33N3O7S/c1-15(2)19(25(3)22(28)32-14-16-8-6-5-7-9-16)20(26)24-18(21(27)31-4)12-17-13-23-10-11-33(17,29)30/h5-9,15,17-19,23H,10-14H2,1-4H3,(H,24,26). The minimum atomic E-state index is -3.40. The number of ether oxygens (including phenoxy) is 2. The quantitative estimate of drug-likeness (QED) is 0.491. The van der Waals surface area contributed by atoms with E-state index in [-0.39, 0.29) is 31.2 Å². The van der Waals surface area contributed by atoms with E-state index in [0.717, 1.165) is 5.56 Å². The number of nitrogens with zero attached hydrogens (tertiary/aromatic N) is 1. The van der Waals surface area contributed by atoms with Crippen LogP contribution < -0.4 is 10.6 Å². The lowest BCUT2D eigenvalue weighted by molar-refractivity contribution is -0.146. The van der Waals surface area contributed by atoms with E-state index in [1.54, 1.807) is 13.8 Å². The number of methoxy groups -OCH3 is 1. The first-order valence-corrected chi connectivity index (χ1v) is 12.5.